The van der Waals surface area contributed by atoms with Gasteiger partial charge in [-0.25, -0.2) is 4.99 Å². The van der Waals surface area contributed by atoms with Gasteiger partial charge in [-0.1, -0.05) is 34.1 Å². The van der Waals surface area contributed by atoms with E-state index < -0.39 is 5.72 Å². The van der Waals surface area contributed by atoms with E-state index in [2.05, 4.69) is 32.8 Å². The van der Waals surface area contributed by atoms with Crippen LogP contribution >= 0.6 is 27.5 Å². The number of nitrogens with one attached hydrogen (secondary N) is 1. The monoisotopic (exact) mass is 377 g/mol. The van der Waals surface area contributed by atoms with E-state index in [9.17, 15) is 4.79 Å². The molecule has 1 rings (SSSR count). The van der Waals surface area contributed by atoms with Crippen molar-refractivity contribution < 1.29 is 9.53 Å². The number of carbonyl (C=O) groups excluding carboxylic acids is 1. The fourth-order valence-electron chi connectivity index (χ4n) is 1.92. The van der Waals surface area contributed by atoms with Crippen LogP contribution in [0.5, 0.6) is 0 Å². The van der Waals surface area contributed by atoms with Crippen molar-refractivity contribution in [2.75, 3.05) is 20.1 Å². The Kier molecular flexibility index (Phi) is 7.06. The third kappa shape index (κ3) is 4.92. The number of hydrogen-bond donors (Lipinski definition) is 1. The molecular weight excluding hydrogens is 358 g/mol. The van der Waals surface area contributed by atoms with Gasteiger partial charge in [-0.05, 0) is 26.1 Å². The van der Waals surface area contributed by atoms with Crippen molar-refractivity contribution in [3.05, 3.63) is 24.9 Å². The van der Waals surface area contributed by atoms with Crippen molar-refractivity contribution in [3.63, 3.8) is 0 Å². The number of aliphatic imine (C=N–C) groups is 1. The van der Waals surface area contributed by atoms with Crippen molar-refractivity contribution in [1.82, 2.24) is 10.2 Å². The van der Waals surface area contributed by atoms with Gasteiger partial charge in [0.25, 0.3) is 0 Å². The third-order valence-corrected chi connectivity index (χ3v) is 4.26. The summed E-state index contributed by atoms with van der Waals surface area (Å²) in [6, 6.07) is 0. The Morgan fingerprint density at radius 3 is 2.71 bits per heavy atom. The maximum Gasteiger partial charge on any atom is 0.219 e. The van der Waals surface area contributed by atoms with E-state index in [0.717, 1.165) is 0 Å². The van der Waals surface area contributed by atoms with Crippen LogP contribution in [-0.4, -0.2) is 52.8 Å². The molecule has 1 unspecified atom stereocenters. The second-order valence-corrected chi connectivity index (χ2v) is 6.56. The first-order valence-electron chi connectivity index (χ1n) is 6.64. The van der Waals surface area contributed by atoms with Crippen molar-refractivity contribution >= 4 is 38.6 Å². The molecule has 21 heavy (non-hydrogen) atoms. The molecule has 0 saturated carbocycles. The molecule has 2 atom stereocenters. The van der Waals surface area contributed by atoms with Crippen LogP contribution in [0.2, 0.25) is 0 Å². The lowest BCUT2D eigenvalue weighted by Crippen LogP contribution is -2.61. The number of amides is 1. The molecule has 1 aliphatic heterocycles. The number of allylic oxidation sites excluding steroid dienone is 1. The molecule has 0 bridgehead atoms. The summed E-state index contributed by atoms with van der Waals surface area (Å²) in [5, 5.41) is 3.46. The van der Waals surface area contributed by atoms with Gasteiger partial charge < -0.3 is 9.64 Å². The molecule has 1 fully saturated rings. The zero-order valence-corrected chi connectivity index (χ0v) is 14.8. The van der Waals surface area contributed by atoms with Gasteiger partial charge >= 0.3 is 0 Å². The van der Waals surface area contributed by atoms with E-state index >= 15 is 0 Å². The van der Waals surface area contributed by atoms with E-state index in [1.165, 1.54) is 6.08 Å². The lowest BCUT2D eigenvalue weighted by Gasteiger charge is -2.44. The number of carbonyl (C=O) groups is 1. The first-order valence-corrected chi connectivity index (χ1v) is 7.93. The highest BCUT2D eigenvalue weighted by Gasteiger charge is 2.39. The molecule has 1 amide bonds. The third-order valence-electron chi connectivity index (χ3n) is 3.33. The minimum Gasteiger partial charge on any atom is -0.349 e. The first-order chi connectivity index (χ1) is 9.84. The van der Waals surface area contributed by atoms with Crippen LogP contribution in [0.4, 0.5) is 0 Å². The summed E-state index contributed by atoms with van der Waals surface area (Å²) in [6.45, 7) is 8.27. The molecule has 0 aromatic carbocycles. The molecule has 7 heteroatoms. The number of ether oxygens (including phenoxy) is 1. The van der Waals surface area contributed by atoms with Gasteiger partial charge in [0.2, 0.25) is 5.91 Å². The van der Waals surface area contributed by atoms with Gasteiger partial charge in [0.15, 0.2) is 5.72 Å². The molecule has 1 saturated heterocycles. The topological polar surface area (TPSA) is 53.9 Å². The normalized spacial score (nSPS) is 21.0. The van der Waals surface area contributed by atoms with E-state index in [1.807, 2.05) is 14.0 Å². The SMILES string of the molecule is C=C/C(Cl)=N\C=C\C(NC)(OC1CN(C(C)=O)C1)[C@@H](C)Br. The van der Waals surface area contributed by atoms with Crippen molar-refractivity contribution in [3.8, 4) is 0 Å². The van der Waals surface area contributed by atoms with Gasteiger partial charge in [-0.3, -0.25) is 10.1 Å². The Balaban J connectivity index is 2.76. The number of hydrogen-bond acceptors (Lipinski definition) is 4. The average molecular weight is 379 g/mol. The Morgan fingerprint density at radius 2 is 2.29 bits per heavy atom. The predicted molar refractivity (Wildman–Crippen MR) is 89.9 cm³/mol. The standard InChI is InChI=1S/C14H21BrClN3O2/c1-5-13(16)18-7-6-14(17-4,10(2)15)21-12-8-19(9-12)11(3)20/h5-7,10,12,17H,1,8-9H2,2-4H3/b7-6+,18-13+/t10-,14?/m1/s1. The van der Waals surface area contributed by atoms with Gasteiger partial charge in [-0.15, -0.1) is 0 Å². The van der Waals surface area contributed by atoms with E-state index in [4.69, 9.17) is 16.3 Å². The van der Waals surface area contributed by atoms with Gasteiger partial charge in [0.1, 0.15) is 5.17 Å². The molecule has 118 valence electrons. The molecular formula is C14H21BrClN3O2. The van der Waals surface area contributed by atoms with Crippen LogP contribution in [0, 0.1) is 0 Å². The maximum absolute atomic E-state index is 11.2. The highest BCUT2D eigenvalue weighted by Crippen LogP contribution is 2.26. The van der Waals surface area contributed by atoms with Crippen LogP contribution in [0.1, 0.15) is 13.8 Å². The van der Waals surface area contributed by atoms with Crippen molar-refractivity contribution in [2.45, 2.75) is 30.5 Å². The van der Waals surface area contributed by atoms with Gasteiger partial charge in [0, 0.05) is 26.2 Å². The average Bonchev–Trinajstić information content (AvgIpc) is 2.39. The fourth-order valence-corrected chi connectivity index (χ4v) is 2.47. The summed E-state index contributed by atoms with van der Waals surface area (Å²) in [7, 11) is 1.81. The highest BCUT2D eigenvalue weighted by molar-refractivity contribution is 9.09. The Bertz CT molecular complexity index is 448. The lowest BCUT2D eigenvalue weighted by molar-refractivity contribution is -0.159. The minimum atomic E-state index is -0.727. The molecule has 0 aromatic heterocycles. The molecule has 0 aromatic rings. The Morgan fingerprint density at radius 1 is 1.67 bits per heavy atom. The lowest BCUT2D eigenvalue weighted by atomic mass is 10.1. The van der Waals surface area contributed by atoms with Crippen LogP contribution < -0.4 is 5.32 Å². The molecule has 0 spiro atoms. The fraction of sp³-hybridized carbons (Fsp3) is 0.571. The Hall–Kier alpha value is -0.690. The number of halogens is 2. The number of nitrogens with zero attached hydrogens (tertiary/aromatic N) is 2. The molecule has 1 aliphatic rings. The molecule has 0 radical (unpaired) electrons. The van der Waals surface area contributed by atoms with Crippen LogP contribution in [0.3, 0.4) is 0 Å². The quantitative estimate of drug-likeness (QED) is 0.420. The molecule has 0 aliphatic carbocycles. The summed E-state index contributed by atoms with van der Waals surface area (Å²) in [6.07, 6.45) is 4.83. The van der Waals surface area contributed by atoms with Crippen LogP contribution in [-0.2, 0) is 9.53 Å². The van der Waals surface area contributed by atoms with Crippen molar-refractivity contribution in [2.24, 2.45) is 4.99 Å². The van der Waals surface area contributed by atoms with Gasteiger partial charge in [-0.2, -0.15) is 0 Å². The zero-order chi connectivity index (χ0) is 16.0. The van der Waals surface area contributed by atoms with E-state index in [-0.39, 0.29) is 16.8 Å². The molecule has 1 heterocycles. The largest absolute Gasteiger partial charge is 0.349 e. The van der Waals surface area contributed by atoms with Crippen molar-refractivity contribution in [1.29, 1.82) is 0 Å². The highest BCUT2D eigenvalue weighted by atomic mass is 79.9. The zero-order valence-electron chi connectivity index (χ0n) is 12.5. The number of alkyl halides is 1. The number of likely N-dealkylation sites (N-methyl/N-ethyl adjacent to an activating group) is 1. The molecule has 1 N–H and O–H groups in total. The molecule has 5 nitrogen and oxygen atoms in total. The Labute approximate surface area is 139 Å². The van der Waals surface area contributed by atoms with E-state index in [1.54, 1.807) is 24.1 Å². The van der Waals surface area contributed by atoms with Gasteiger partial charge in [0.05, 0.1) is 10.9 Å². The maximum atomic E-state index is 11.2. The number of likely N-dealkylation sites (tertiary alicyclic amines) is 1. The minimum absolute atomic E-state index is 0.00432. The predicted octanol–water partition coefficient (Wildman–Crippen LogP) is 2.27. The second-order valence-electron chi connectivity index (χ2n) is 4.79. The summed E-state index contributed by atoms with van der Waals surface area (Å²) in [5.74, 6) is 0.0645. The summed E-state index contributed by atoms with van der Waals surface area (Å²) in [4.78, 5) is 17.0. The van der Waals surface area contributed by atoms with Crippen LogP contribution in [0.15, 0.2) is 29.9 Å². The van der Waals surface area contributed by atoms with Crippen LogP contribution in [0.25, 0.3) is 0 Å². The summed E-state index contributed by atoms with van der Waals surface area (Å²) in [5.41, 5.74) is -0.727. The summed E-state index contributed by atoms with van der Waals surface area (Å²) < 4.78 is 6.10. The van der Waals surface area contributed by atoms with E-state index in [0.29, 0.717) is 18.3 Å². The summed E-state index contributed by atoms with van der Waals surface area (Å²) >= 11 is 9.33. The smallest absolute Gasteiger partial charge is 0.219 e. The number of rotatable bonds is 7. The second kappa shape index (κ2) is 8.08. The first kappa shape index (κ1) is 18.4.